The van der Waals surface area contributed by atoms with E-state index in [4.69, 9.17) is 15.2 Å². The number of ether oxygens (including phenoxy) is 2. The first-order chi connectivity index (χ1) is 19.2. The SMILES string of the molecule is CN=C(C)/C(=C(\N)OC(=O)N(C)C)C1CC(Oc2c(-c3ccc4ncc(CNC5CC5)n4c3)ccc(F)c2F)C1. The van der Waals surface area contributed by atoms with E-state index in [1.165, 1.54) is 23.8 Å². The molecule has 0 aliphatic heterocycles. The number of hydrogen-bond donors (Lipinski definition) is 2. The summed E-state index contributed by atoms with van der Waals surface area (Å²) in [6.07, 6.45) is 5.98. The fraction of sp³-hybridized carbons (Fsp3) is 0.414. The van der Waals surface area contributed by atoms with Crippen LogP contribution in [0.4, 0.5) is 13.6 Å². The Morgan fingerprint density at radius 3 is 2.65 bits per heavy atom. The summed E-state index contributed by atoms with van der Waals surface area (Å²) >= 11 is 0. The van der Waals surface area contributed by atoms with Gasteiger partial charge in [0, 0.05) is 62.3 Å². The molecular weight excluding hydrogens is 518 g/mol. The molecule has 0 atom stereocenters. The van der Waals surface area contributed by atoms with E-state index in [0.29, 0.717) is 47.8 Å². The Morgan fingerprint density at radius 1 is 1.23 bits per heavy atom. The van der Waals surface area contributed by atoms with Gasteiger partial charge in [0.2, 0.25) is 11.7 Å². The van der Waals surface area contributed by atoms with Crippen LogP contribution in [-0.4, -0.2) is 59.4 Å². The van der Waals surface area contributed by atoms with Crippen molar-refractivity contribution in [1.82, 2.24) is 19.6 Å². The number of benzene rings is 1. The van der Waals surface area contributed by atoms with Crippen LogP contribution in [0, 0.1) is 17.6 Å². The van der Waals surface area contributed by atoms with Crippen molar-refractivity contribution in [2.45, 2.75) is 51.3 Å². The average Bonchev–Trinajstić information content (AvgIpc) is 3.66. The number of fused-ring (bicyclic) bond motifs is 1. The van der Waals surface area contributed by atoms with Gasteiger partial charge in [0.1, 0.15) is 11.8 Å². The van der Waals surface area contributed by atoms with E-state index < -0.39 is 23.8 Å². The van der Waals surface area contributed by atoms with Crippen molar-refractivity contribution in [3.8, 4) is 16.9 Å². The van der Waals surface area contributed by atoms with Crippen molar-refractivity contribution >= 4 is 17.5 Å². The molecule has 5 rings (SSSR count). The molecule has 0 radical (unpaired) electrons. The summed E-state index contributed by atoms with van der Waals surface area (Å²) in [6.45, 7) is 2.45. The maximum Gasteiger partial charge on any atom is 0.415 e. The Balaban J connectivity index is 1.38. The van der Waals surface area contributed by atoms with E-state index in [1.807, 2.05) is 28.9 Å². The predicted molar refractivity (Wildman–Crippen MR) is 148 cm³/mol. The van der Waals surface area contributed by atoms with Crippen molar-refractivity contribution in [2.24, 2.45) is 16.6 Å². The van der Waals surface area contributed by atoms with Gasteiger partial charge in [-0.3, -0.25) is 4.99 Å². The summed E-state index contributed by atoms with van der Waals surface area (Å²) in [5.41, 5.74) is 10.3. The number of amides is 1. The van der Waals surface area contributed by atoms with Crippen LogP contribution >= 0.6 is 0 Å². The molecule has 0 spiro atoms. The Hall–Kier alpha value is -3.99. The Bertz CT molecular complexity index is 1490. The highest BCUT2D eigenvalue weighted by Crippen LogP contribution is 2.42. The molecule has 212 valence electrons. The normalized spacial score (nSPS) is 19.7. The number of aromatic nitrogens is 2. The molecule has 1 aromatic carbocycles. The number of rotatable bonds is 9. The highest BCUT2D eigenvalue weighted by molar-refractivity contribution is 5.99. The lowest BCUT2D eigenvalue weighted by molar-refractivity contribution is 0.0765. The van der Waals surface area contributed by atoms with Crippen molar-refractivity contribution in [3.63, 3.8) is 0 Å². The molecule has 40 heavy (non-hydrogen) atoms. The summed E-state index contributed by atoms with van der Waals surface area (Å²) in [7, 11) is 4.75. The standard InChI is InChI=1S/C29H34F2N6O3/c1-16(33-2)25(28(32)40-29(38)36(3)4)18-11-21(12-18)39-27-22(8-9-23(30)26(27)31)17-5-10-24-35-14-20(37(24)15-17)13-34-19-6-7-19/h5,8-10,14-15,18-19,21,34H,6-7,11-13,32H2,1-4H3/b28-25-,33-16?. The number of aliphatic imine (C=N–C) groups is 1. The van der Waals surface area contributed by atoms with E-state index in [0.717, 1.165) is 17.4 Å². The van der Waals surface area contributed by atoms with Crippen LogP contribution in [0.15, 0.2) is 53.1 Å². The lowest BCUT2D eigenvalue weighted by Gasteiger charge is -2.37. The summed E-state index contributed by atoms with van der Waals surface area (Å²) < 4.78 is 42.9. The number of allylic oxidation sites excluding steroid dienone is 1. The molecular formula is C29H34F2N6O3. The first-order valence-corrected chi connectivity index (χ1v) is 13.3. The van der Waals surface area contributed by atoms with Crippen molar-refractivity contribution in [2.75, 3.05) is 21.1 Å². The summed E-state index contributed by atoms with van der Waals surface area (Å²) in [5.74, 6) is -2.30. The maximum atomic E-state index is 15.2. The molecule has 3 N–H and O–H groups in total. The van der Waals surface area contributed by atoms with Gasteiger partial charge in [0.05, 0.1) is 11.9 Å². The molecule has 11 heteroatoms. The van der Waals surface area contributed by atoms with E-state index in [9.17, 15) is 9.18 Å². The van der Waals surface area contributed by atoms with Gasteiger partial charge in [-0.05, 0) is 62.8 Å². The zero-order chi connectivity index (χ0) is 28.6. The first kappa shape index (κ1) is 27.6. The average molecular weight is 553 g/mol. The molecule has 2 saturated carbocycles. The molecule has 1 amide bonds. The van der Waals surface area contributed by atoms with Crippen molar-refractivity contribution in [3.05, 3.63) is 65.4 Å². The van der Waals surface area contributed by atoms with E-state index in [1.54, 1.807) is 28.1 Å². The third-order valence-electron chi connectivity index (χ3n) is 7.43. The zero-order valence-corrected chi connectivity index (χ0v) is 23.1. The van der Waals surface area contributed by atoms with Crippen LogP contribution in [0.1, 0.15) is 38.3 Å². The second-order valence-corrected chi connectivity index (χ2v) is 10.5. The number of carbonyl (C=O) groups excluding carboxylic acids is 1. The molecule has 2 aliphatic carbocycles. The Morgan fingerprint density at radius 2 is 1.98 bits per heavy atom. The van der Waals surface area contributed by atoms with Crippen LogP contribution in [-0.2, 0) is 11.3 Å². The van der Waals surface area contributed by atoms with Gasteiger partial charge < -0.3 is 29.8 Å². The Kier molecular flexibility index (Phi) is 7.75. The van der Waals surface area contributed by atoms with Crippen LogP contribution in [0.3, 0.4) is 0 Å². The van der Waals surface area contributed by atoms with Crippen molar-refractivity contribution < 1.29 is 23.0 Å². The van der Waals surface area contributed by atoms with Crippen LogP contribution in [0.5, 0.6) is 5.75 Å². The van der Waals surface area contributed by atoms with E-state index in [2.05, 4.69) is 15.3 Å². The molecule has 2 aliphatic rings. The third kappa shape index (κ3) is 5.65. The van der Waals surface area contributed by atoms with Gasteiger partial charge in [0.15, 0.2) is 11.6 Å². The van der Waals surface area contributed by atoms with E-state index >= 15 is 4.39 Å². The fourth-order valence-electron chi connectivity index (χ4n) is 4.83. The van der Waals surface area contributed by atoms with Gasteiger partial charge in [-0.1, -0.05) is 0 Å². The first-order valence-electron chi connectivity index (χ1n) is 13.3. The number of nitrogens with zero attached hydrogens (tertiary/aromatic N) is 4. The third-order valence-corrected chi connectivity index (χ3v) is 7.43. The summed E-state index contributed by atoms with van der Waals surface area (Å²) in [5, 5.41) is 3.48. The smallest absolute Gasteiger partial charge is 0.415 e. The van der Waals surface area contributed by atoms with Crippen molar-refractivity contribution in [1.29, 1.82) is 0 Å². The topological polar surface area (TPSA) is 106 Å². The number of carbonyl (C=O) groups is 1. The highest BCUT2D eigenvalue weighted by Gasteiger charge is 2.38. The summed E-state index contributed by atoms with van der Waals surface area (Å²) in [4.78, 5) is 22.0. The fourth-order valence-corrected chi connectivity index (χ4v) is 4.83. The van der Waals surface area contributed by atoms with Gasteiger partial charge >= 0.3 is 6.09 Å². The van der Waals surface area contributed by atoms with Gasteiger partial charge in [-0.2, -0.15) is 4.39 Å². The summed E-state index contributed by atoms with van der Waals surface area (Å²) in [6, 6.07) is 6.86. The quantitative estimate of drug-likeness (QED) is 0.296. The number of halogens is 2. The predicted octanol–water partition coefficient (Wildman–Crippen LogP) is 4.65. The van der Waals surface area contributed by atoms with Crippen LogP contribution in [0.25, 0.3) is 16.8 Å². The lowest BCUT2D eigenvalue weighted by Crippen LogP contribution is -2.38. The van der Waals surface area contributed by atoms with Gasteiger partial charge in [-0.15, -0.1) is 0 Å². The Labute approximate surface area is 231 Å². The minimum absolute atomic E-state index is 0.0245. The van der Waals surface area contributed by atoms with Gasteiger partial charge in [-0.25, -0.2) is 14.2 Å². The highest BCUT2D eigenvalue weighted by atomic mass is 19.2. The van der Waals surface area contributed by atoms with Gasteiger partial charge in [0.25, 0.3) is 0 Å². The molecule has 0 bridgehead atoms. The molecule has 2 fully saturated rings. The monoisotopic (exact) mass is 552 g/mol. The number of imidazole rings is 1. The van der Waals surface area contributed by atoms with E-state index in [-0.39, 0.29) is 17.6 Å². The number of pyridine rings is 1. The molecule has 2 aromatic heterocycles. The zero-order valence-electron chi connectivity index (χ0n) is 23.1. The molecule has 0 saturated heterocycles. The number of nitrogens with two attached hydrogens (primary N) is 1. The largest absolute Gasteiger partial charge is 0.487 e. The number of nitrogens with one attached hydrogen (secondary N) is 1. The molecule has 3 aromatic rings. The minimum Gasteiger partial charge on any atom is -0.487 e. The molecule has 9 nitrogen and oxygen atoms in total. The second-order valence-electron chi connectivity index (χ2n) is 10.5. The number of hydrogen-bond acceptors (Lipinski definition) is 7. The maximum absolute atomic E-state index is 15.2. The molecule has 2 heterocycles. The lowest BCUT2D eigenvalue weighted by atomic mass is 9.75. The second kappa shape index (κ2) is 11.2. The van der Waals surface area contributed by atoms with Crippen LogP contribution < -0.4 is 15.8 Å². The van der Waals surface area contributed by atoms with Crippen LogP contribution in [0.2, 0.25) is 0 Å². The molecule has 0 unspecified atom stereocenters. The minimum atomic E-state index is -1.04.